The van der Waals surface area contributed by atoms with E-state index in [1.807, 2.05) is 0 Å². The van der Waals surface area contributed by atoms with E-state index in [0.717, 1.165) is 19.7 Å². The van der Waals surface area contributed by atoms with Crippen LogP contribution in [0.15, 0.2) is 12.3 Å². The summed E-state index contributed by atoms with van der Waals surface area (Å²) in [6.07, 6.45) is 3.83. The molecule has 0 aromatic heterocycles. The molecule has 0 bridgehead atoms. The normalized spacial score (nSPS) is 26.9. The molecule has 2 heterocycles. The van der Waals surface area contributed by atoms with Crippen molar-refractivity contribution in [1.82, 2.24) is 4.90 Å². The van der Waals surface area contributed by atoms with Gasteiger partial charge in [0.05, 0.1) is 0 Å². The molecule has 2 rings (SSSR count). The van der Waals surface area contributed by atoms with E-state index in [0.29, 0.717) is 0 Å². The molecule has 0 aromatic rings. The molecular weight excluding hydrogens is 150 g/mol. The van der Waals surface area contributed by atoms with Crippen molar-refractivity contribution >= 4 is 0 Å². The molecule has 0 saturated carbocycles. The fourth-order valence-electron chi connectivity index (χ4n) is 2.08. The predicted molar refractivity (Wildman–Crippen MR) is 48.9 cm³/mol. The van der Waals surface area contributed by atoms with Crippen LogP contribution in [-0.2, 0) is 4.74 Å². The van der Waals surface area contributed by atoms with Gasteiger partial charge in [0.2, 0.25) is 0 Å². The Kier molecular flexibility index (Phi) is 1.87. The van der Waals surface area contributed by atoms with Crippen molar-refractivity contribution in [2.45, 2.75) is 31.8 Å². The lowest BCUT2D eigenvalue weighted by atomic mass is 9.86. The second-order valence-corrected chi connectivity index (χ2v) is 4.08. The Balaban J connectivity index is 1.88. The summed E-state index contributed by atoms with van der Waals surface area (Å²) in [6.45, 7) is 9.10. The molecule has 2 nitrogen and oxygen atoms in total. The van der Waals surface area contributed by atoms with Gasteiger partial charge in [0.25, 0.3) is 0 Å². The van der Waals surface area contributed by atoms with E-state index in [1.54, 1.807) is 0 Å². The lowest BCUT2D eigenvalue weighted by Gasteiger charge is -2.52. The first-order valence-electron chi connectivity index (χ1n) is 4.76. The van der Waals surface area contributed by atoms with Crippen LogP contribution in [0.4, 0.5) is 0 Å². The third kappa shape index (κ3) is 1.24. The average Bonchev–Trinajstić information content (AvgIpc) is 2.01. The van der Waals surface area contributed by atoms with Crippen LogP contribution in [0.1, 0.15) is 26.2 Å². The minimum absolute atomic E-state index is 0.219. The molecule has 12 heavy (non-hydrogen) atoms. The summed E-state index contributed by atoms with van der Waals surface area (Å²) in [4.78, 5) is 2.30. The summed E-state index contributed by atoms with van der Waals surface area (Å²) in [5.41, 5.74) is 1.40. The first kappa shape index (κ1) is 8.11. The zero-order chi connectivity index (χ0) is 8.60. The fraction of sp³-hybridized carbons (Fsp3) is 0.800. The van der Waals surface area contributed by atoms with Crippen molar-refractivity contribution in [2.24, 2.45) is 0 Å². The molecule has 2 aliphatic heterocycles. The van der Waals surface area contributed by atoms with E-state index >= 15 is 0 Å². The van der Waals surface area contributed by atoms with Crippen molar-refractivity contribution in [3.05, 3.63) is 12.3 Å². The van der Waals surface area contributed by atoms with Crippen molar-refractivity contribution in [3.63, 3.8) is 0 Å². The molecule has 2 aliphatic rings. The van der Waals surface area contributed by atoms with Gasteiger partial charge in [-0.2, -0.15) is 0 Å². The van der Waals surface area contributed by atoms with Gasteiger partial charge in [0.1, 0.15) is 5.60 Å². The van der Waals surface area contributed by atoms with Gasteiger partial charge in [-0.05, 0) is 26.2 Å². The molecule has 0 aromatic carbocycles. The van der Waals surface area contributed by atoms with E-state index in [1.165, 1.54) is 25.0 Å². The van der Waals surface area contributed by atoms with Crippen LogP contribution in [-0.4, -0.2) is 30.2 Å². The third-order valence-electron chi connectivity index (χ3n) is 2.93. The van der Waals surface area contributed by atoms with E-state index < -0.39 is 0 Å². The number of ether oxygens (including phenoxy) is 1. The Bertz CT molecular complexity index is 186. The quantitative estimate of drug-likeness (QED) is 0.590. The van der Waals surface area contributed by atoms with E-state index in [4.69, 9.17) is 4.74 Å². The maximum absolute atomic E-state index is 5.80. The molecule has 0 aliphatic carbocycles. The highest BCUT2D eigenvalue weighted by Gasteiger charge is 2.44. The van der Waals surface area contributed by atoms with Crippen LogP contribution in [0.2, 0.25) is 0 Å². The summed E-state index contributed by atoms with van der Waals surface area (Å²) in [7, 11) is 0. The second kappa shape index (κ2) is 2.77. The third-order valence-corrected chi connectivity index (χ3v) is 2.93. The minimum atomic E-state index is 0.219. The molecule has 0 radical (unpaired) electrons. The first-order chi connectivity index (χ1) is 5.72. The van der Waals surface area contributed by atoms with Gasteiger partial charge < -0.3 is 9.64 Å². The molecule has 2 saturated heterocycles. The van der Waals surface area contributed by atoms with Crippen LogP contribution in [0.5, 0.6) is 0 Å². The number of hydrogen-bond donors (Lipinski definition) is 0. The smallest absolute Gasteiger partial charge is 0.103 e. The van der Waals surface area contributed by atoms with Crippen LogP contribution in [0.25, 0.3) is 0 Å². The molecule has 2 fully saturated rings. The number of nitrogens with zero attached hydrogens (tertiary/aromatic N) is 1. The number of hydrogen-bond acceptors (Lipinski definition) is 2. The Morgan fingerprint density at radius 1 is 1.42 bits per heavy atom. The summed E-state index contributed by atoms with van der Waals surface area (Å²) < 4.78 is 5.80. The van der Waals surface area contributed by atoms with Crippen molar-refractivity contribution in [1.29, 1.82) is 0 Å². The lowest BCUT2D eigenvalue weighted by Crippen LogP contribution is -2.63. The summed E-state index contributed by atoms with van der Waals surface area (Å²) in [5.74, 6) is 0. The maximum Gasteiger partial charge on any atom is 0.103 e. The van der Waals surface area contributed by atoms with Gasteiger partial charge in [-0.25, -0.2) is 0 Å². The standard InChI is InChI=1S/C10H17NO/c1-9(2)11-7-10(8-11)5-3-4-6-12-10/h1,3-8H2,2H3. The number of rotatable bonds is 1. The monoisotopic (exact) mass is 167 g/mol. The summed E-state index contributed by atoms with van der Waals surface area (Å²) in [6, 6.07) is 0. The van der Waals surface area contributed by atoms with Gasteiger partial charge in [-0.3, -0.25) is 0 Å². The maximum atomic E-state index is 5.80. The molecule has 0 unspecified atom stereocenters. The minimum Gasteiger partial charge on any atom is -0.371 e. The van der Waals surface area contributed by atoms with Gasteiger partial charge in [-0.15, -0.1) is 0 Å². The lowest BCUT2D eigenvalue weighted by molar-refractivity contribution is -0.155. The SMILES string of the molecule is C=C(C)N1CC2(CCCCO2)C1. The highest BCUT2D eigenvalue weighted by molar-refractivity contribution is 5.06. The number of likely N-dealkylation sites (tertiary alicyclic amines) is 1. The Labute approximate surface area is 74.2 Å². The molecule has 68 valence electrons. The fourth-order valence-corrected chi connectivity index (χ4v) is 2.08. The predicted octanol–water partition coefficient (Wildman–Crippen LogP) is 1.77. The molecule has 2 heteroatoms. The molecular formula is C10H17NO. The Morgan fingerprint density at radius 2 is 2.17 bits per heavy atom. The van der Waals surface area contributed by atoms with Crippen molar-refractivity contribution in [3.8, 4) is 0 Å². The van der Waals surface area contributed by atoms with Crippen LogP contribution >= 0.6 is 0 Å². The Hall–Kier alpha value is -0.500. The average molecular weight is 167 g/mol. The van der Waals surface area contributed by atoms with E-state index in [2.05, 4.69) is 18.4 Å². The zero-order valence-electron chi connectivity index (χ0n) is 7.81. The van der Waals surface area contributed by atoms with Gasteiger partial charge in [0, 0.05) is 25.4 Å². The Morgan fingerprint density at radius 3 is 2.67 bits per heavy atom. The summed E-state index contributed by atoms with van der Waals surface area (Å²) >= 11 is 0. The van der Waals surface area contributed by atoms with Gasteiger partial charge >= 0.3 is 0 Å². The molecule has 0 atom stereocenters. The second-order valence-electron chi connectivity index (χ2n) is 4.08. The van der Waals surface area contributed by atoms with Crippen molar-refractivity contribution in [2.75, 3.05) is 19.7 Å². The van der Waals surface area contributed by atoms with E-state index in [9.17, 15) is 0 Å². The van der Waals surface area contributed by atoms with Crippen molar-refractivity contribution < 1.29 is 4.74 Å². The highest BCUT2D eigenvalue weighted by Crippen LogP contribution is 2.35. The zero-order valence-corrected chi connectivity index (χ0v) is 7.81. The summed E-state index contributed by atoms with van der Waals surface area (Å²) in [5, 5.41) is 0. The topological polar surface area (TPSA) is 12.5 Å². The highest BCUT2D eigenvalue weighted by atomic mass is 16.5. The molecule has 1 spiro atoms. The van der Waals surface area contributed by atoms with Gasteiger partial charge in [-0.1, -0.05) is 6.58 Å². The first-order valence-corrected chi connectivity index (χ1v) is 4.76. The largest absolute Gasteiger partial charge is 0.371 e. The van der Waals surface area contributed by atoms with E-state index in [-0.39, 0.29) is 5.60 Å². The molecule has 0 amide bonds. The van der Waals surface area contributed by atoms with Crippen LogP contribution < -0.4 is 0 Å². The van der Waals surface area contributed by atoms with Crippen LogP contribution in [0.3, 0.4) is 0 Å². The van der Waals surface area contributed by atoms with Gasteiger partial charge in [0.15, 0.2) is 0 Å². The molecule has 0 N–H and O–H groups in total. The van der Waals surface area contributed by atoms with Crippen LogP contribution in [0, 0.1) is 0 Å². The number of allylic oxidation sites excluding steroid dienone is 1.